The fraction of sp³-hybridized carbons (Fsp3) is 0.636. The van der Waals surface area contributed by atoms with Gasteiger partial charge in [0.25, 0.3) is 0 Å². The number of alkyl halides is 4. The summed E-state index contributed by atoms with van der Waals surface area (Å²) in [5, 5.41) is 3.88. The minimum absolute atomic E-state index is 0.210. The van der Waals surface area contributed by atoms with Gasteiger partial charge in [0, 0.05) is 12.7 Å². The molecule has 0 saturated heterocycles. The zero-order valence-corrected chi connectivity index (χ0v) is 10.3. The molecule has 0 aromatic carbocycles. The van der Waals surface area contributed by atoms with Crippen LogP contribution < -0.4 is 0 Å². The first-order valence-electron chi connectivity index (χ1n) is 5.67. The van der Waals surface area contributed by atoms with E-state index in [1.165, 1.54) is 16.9 Å². The number of carbonyl (C=O) groups is 1. The van der Waals surface area contributed by atoms with Crippen LogP contribution in [0, 0.1) is 0 Å². The second-order valence-electron chi connectivity index (χ2n) is 3.92. The van der Waals surface area contributed by atoms with Gasteiger partial charge in [0.05, 0.1) is 0 Å². The van der Waals surface area contributed by atoms with Gasteiger partial charge in [-0.3, -0.25) is 9.48 Å². The standard InChI is InChI=1S/C11H14F4N2O2/c1-2-5-17-8(3-4-16-17)9(18)6-19-7-11(14,15)10(12)13/h3-4,10H,2,5-7H2,1H3. The van der Waals surface area contributed by atoms with E-state index in [9.17, 15) is 22.4 Å². The van der Waals surface area contributed by atoms with Gasteiger partial charge in [-0.15, -0.1) is 0 Å². The van der Waals surface area contributed by atoms with Crippen molar-refractivity contribution in [1.82, 2.24) is 9.78 Å². The van der Waals surface area contributed by atoms with Crippen LogP contribution >= 0.6 is 0 Å². The Balaban J connectivity index is 2.50. The summed E-state index contributed by atoms with van der Waals surface area (Å²) in [6, 6.07) is 1.42. The Morgan fingerprint density at radius 1 is 1.53 bits per heavy atom. The lowest BCUT2D eigenvalue weighted by molar-refractivity contribution is -0.163. The van der Waals surface area contributed by atoms with Crippen molar-refractivity contribution in [2.24, 2.45) is 0 Å². The maximum absolute atomic E-state index is 12.5. The summed E-state index contributed by atoms with van der Waals surface area (Å²) in [7, 11) is 0. The van der Waals surface area contributed by atoms with E-state index >= 15 is 0 Å². The first kappa shape index (κ1) is 15.6. The number of carbonyl (C=O) groups excluding carboxylic acids is 1. The molecular formula is C11H14F4N2O2. The Morgan fingerprint density at radius 3 is 2.79 bits per heavy atom. The van der Waals surface area contributed by atoms with Crippen molar-refractivity contribution in [3.05, 3.63) is 18.0 Å². The maximum Gasteiger partial charge on any atom is 0.330 e. The van der Waals surface area contributed by atoms with Crippen LogP contribution in [0.4, 0.5) is 17.6 Å². The van der Waals surface area contributed by atoms with E-state index in [1.807, 2.05) is 6.92 Å². The van der Waals surface area contributed by atoms with Crippen LogP contribution in [0.5, 0.6) is 0 Å². The molecule has 8 heteroatoms. The molecule has 1 rings (SSSR count). The largest absolute Gasteiger partial charge is 0.367 e. The molecule has 0 spiro atoms. The molecule has 108 valence electrons. The third-order valence-corrected chi connectivity index (χ3v) is 2.28. The molecule has 0 saturated carbocycles. The molecule has 1 aromatic heterocycles. The van der Waals surface area contributed by atoms with E-state index in [0.717, 1.165) is 6.42 Å². The summed E-state index contributed by atoms with van der Waals surface area (Å²) in [6.07, 6.45) is -1.67. The van der Waals surface area contributed by atoms with Gasteiger partial charge < -0.3 is 4.74 Å². The molecule has 0 N–H and O–H groups in total. The van der Waals surface area contributed by atoms with Crippen LogP contribution in [-0.4, -0.2) is 41.1 Å². The van der Waals surface area contributed by atoms with Crippen LogP contribution in [0.15, 0.2) is 12.3 Å². The minimum atomic E-state index is -4.25. The van der Waals surface area contributed by atoms with Crippen LogP contribution in [-0.2, 0) is 11.3 Å². The van der Waals surface area contributed by atoms with Gasteiger partial charge in [-0.2, -0.15) is 13.9 Å². The molecule has 1 aromatic rings. The molecule has 4 nitrogen and oxygen atoms in total. The third kappa shape index (κ3) is 4.30. The number of Topliss-reactive ketones (excluding diaryl/α,β-unsaturated/α-hetero) is 1. The zero-order chi connectivity index (χ0) is 14.5. The van der Waals surface area contributed by atoms with Gasteiger partial charge in [-0.05, 0) is 12.5 Å². The average molecular weight is 282 g/mol. The zero-order valence-electron chi connectivity index (χ0n) is 10.3. The smallest absolute Gasteiger partial charge is 0.330 e. The highest BCUT2D eigenvalue weighted by Gasteiger charge is 2.41. The number of aryl methyl sites for hydroxylation is 1. The van der Waals surface area contributed by atoms with Crippen molar-refractivity contribution in [3.8, 4) is 0 Å². The van der Waals surface area contributed by atoms with Gasteiger partial charge in [-0.1, -0.05) is 6.92 Å². The van der Waals surface area contributed by atoms with Crippen LogP contribution in [0.25, 0.3) is 0 Å². The van der Waals surface area contributed by atoms with Crippen molar-refractivity contribution < 1.29 is 27.1 Å². The number of rotatable bonds is 8. The number of halogens is 4. The fourth-order valence-electron chi connectivity index (χ4n) is 1.38. The molecule has 0 unspecified atom stereocenters. The van der Waals surface area contributed by atoms with Crippen molar-refractivity contribution in [2.75, 3.05) is 13.2 Å². The predicted octanol–water partition coefficient (Wildman–Crippen LogP) is 2.39. The molecule has 0 fully saturated rings. The average Bonchev–Trinajstić information content (AvgIpc) is 2.77. The number of ether oxygens (including phenoxy) is 1. The third-order valence-electron chi connectivity index (χ3n) is 2.28. The van der Waals surface area contributed by atoms with E-state index in [2.05, 4.69) is 9.84 Å². The molecular weight excluding hydrogens is 268 g/mol. The lowest BCUT2D eigenvalue weighted by Crippen LogP contribution is -2.33. The Bertz CT molecular complexity index is 421. The van der Waals surface area contributed by atoms with Gasteiger partial charge >= 0.3 is 12.3 Å². The Labute approximate surface area is 107 Å². The quantitative estimate of drug-likeness (QED) is 0.543. The van der Waals surface area contributed by atoms with Crippen molar-refractivity contribution >= 4 is 5.78 Å². The normalized spacial score (nSPS) is 12.1. The molecule has 19 heavy (non-hydrogen) atoms. The number of nitrogens with zero attached hydrogens (tertiary/aromatic N) is 2. The molecule has 0 atom stereocenters. The summed E-state index contributed by atoms with van der Waals surface area (Å²) in [5.74, 6) is -4.82. The first-order valence-corrected chi connectivity index (χ1v) is 5.67. The second-order valence-corrected chi connectivity index (χ2v) is 3.92. The lowest BCUT2D eigenvalue weighted by atomic mass is 10.3. The fourth-order valence-corrected chi connectivity index (χ4v) is 1.38. The Hall–Kier alpha value is -1.44. The van der Waals surface area contributed by atoms with Gasteiger partial charge in [-0.25, -0.2) is 8.78 Å². The Morgan fingerprint density at radius 2 is 2.21 bits per heavy atom. The predicted molar refractivity (Wildman–Crippen MR) is 58.6 cm³/mol. The molecule has 0 aliphatic heterocycles. The van der Waals surface area contributed by atoms with Gasteiger partial charge in [0.15, 0.2) is 0 Å². The SMILES string of the molecule is CCCn1nccc1C(=O)COCC(F)(F)C(F)F. The molecule has 0 bridgehead atoms. The summed E-state index contributed by atoms with van der Waals surface area (Å²) in [6.45, 7) is 0.215. The summed E-state index contributed by atoms with van der Waals surface area (Å²) >= 11 is 0. The molecule has 1 heterocycles. The van der Waals surface area contributed by atoms with Crippen molar-refractivity contribution in [3.63, 3.8) is 0 Å². The first-order chi connectivity index (χ1) is 8.88. The van der Waals surface area contributed by atoms with Crippen LogP contribution in [0.3, 0.4) is 0 Å². The van der Waals surface area contributed by atoms with Crippen molar-refractivity contribution in [2.45, 2.75) is 32.2 Å². The van der Waals surface area contributed by atoms with Crippen LogP contribution in [0.2, 0.25) is 0 Å². The molecule has 0 amide bonds. The van der Waals surface area contributed by atoms with E-state index in [-0.39, 0.29) is 5.69 Å². The van der Waals surface area contributed by atoms with Crippen molar-refractivity contribution in [1.29, 1.82) is 0 Å². The second kappa shape index (κ2) is 6.65. The van der Waals surface area contributed by atoms with E-state index in [0.29, 0.717) is 6.54 Å². The number of aromatic nitrogens is 2. The van der Waals surface area contributed by atoms with E-state index < -0.39 is 31.3 Å². The Kier molecular flexibility index (Phi) is 5.46. The molecule has 0 aliphatic carbocycles. The highest BCUT2D eigenvalue weighted by atomic mass is 19.3. The maximum atomic E-state index is 12.5. The highest BCUT2D eigenvalue weighted by Crippen LogP contribution is 2.22. The van der Waals surface area contributed by atoms with Gasteiger partial charge in [0.2, 0.25) is 5.78 Å². The summed E-state index contributed by atoms with van der Waals surface area (Å²) in [4.78, 5) is 11.6. The molecule has 0 radical (unpaired) electrons. The van der Waals surface area contributed by atoms with E-state index in [4.69, 9.17) is 0 Å². The minimum Gasteiger partial charge on any atom is -0.367 e. The summed E-state index contributed by atoms with van der Waals surface area (Å²) in [5.41, 5.74) is 0.210. The molecule has 0 aliphatic rings. The van der Waals surface area contributed by atoms with Crippen LogP contribution in [0.1, 0.15) is 23.8 Å². The monoisotopic (exact) mass is 282 g/mol. The summed E-state index contributed by atoms with van der Waals surface area (Å²) < 4.78 is 54.5. The topological polar surface area (TPSA) is 44.1 Å². The lowest BCUT2D eigenvalue weighted by Gasteiger charge is -2.14. The number of hydrogen-bond donors (Lipinski definition) is 0. The highest BCUT2D eigenvalue weighted by molar-refractivity contribution is 5.95. The number of ketones is 1. The van der Waals surface area contributed by atoms with Gasteiger partial charge in [0.1, 0.15) is 18.9 Å². The van der Waals surface area contributed by atoms with E-state index in [1.54, 1.807) is 0 Å². The number of hydrogen-bond acceptors (Lipinski definition) is 3.